The van der Waals surface area contributed by atoms with Gasteiger partial charge in [-0.2, -0.15) is 0 Å². The van der Waals surface area contributed by atoms with Gasteiger partial charge in [-0.15, -0.1) is 0 Å². The molecule has 34 heavy (non-hydrogen) atoms. The predicted octanol–water partition coefficient (Wildman–Crippen LogP) is 5.12. The van der Waals surface area contributed by atoms with Crippen molar-refractivity contribution in [3.8, 4) is 0 Å². The van der Waals surface area contributed by atoms with E-state index < -0.39 is 0 Å². The number of hydrogen-bond acceptors (Lipinski definition) is 4. The minimum atomic E-state index is -0.0502. The van der Waals surface area contributed by atoms with Crippen molar-refractivity contribution in [1.82, 2.24) is 9.88 Å². The number of carbonyl (C=O) groups excluding carboxylic acids is 1. The van der Waals surface area contributed by atoms with Crippen LogP contribution in [0.5, 0.6) is 0 Å². The Bertz CT molecular complexity index is 1280. The van der Waals surface area contributed by atoms with E-state index in [-0.39, 0.29) is 11.3 Å². The standard InChI is InChI=1S/C28H30N4O2/c1-20-21(16-18-27(34)29-2)15-17-24-25(33)19-26(31-22-11-7-3-4-8-12-22)32(28(24)30-20)23-13-9-5-6-10-14-23/h3-9,11,13-15,19,31H,10,12,16-18H2,1-2H3,(H,29,34). The Morgan fingerprint density at radius 1 is 1.09 bits per heavy atom. The Morgan fingerprint density at radius 3 is 2.79 bits per heavy atom. The lowest BCUT2D eigenvalue weighted by Crippen LogP contribution is -2.17. The molecule has 1 aromatic heterocycles. The largest absolute Gasteiger partial charge is 0.359 e. The van der Waals surface area contributed by atoms with Crippen LogP contribution in [0.4, 0.5) is 11.6 Å². The number of pyridine rings is 1. The maximum absolute atomic E-state index is 13.3. The lowest BCUT2D eigenvalue weighted by atomic mass is 10.0. The first kappa shape index (κ1) is 23.2. The number of hydrogen-bond donors (Lipinski definition) is 2. The molecular formula is C28H30N4O2. The number of rotatable bonds is 6. The van der Waals surface area contributed by atoms with E-state index in [1.165, 1.54) is 0 Å². The molecule has 6 heteroatoms. The zero-order valence-corrected chi connectivity index (χ0v) is 19.7. The third kappa shape index (κ3) is 5.34. The summed E-state index contributed by atoms with van der Waals surface area (Å²) in [5, 5.41) is 6.15. The van der Waals surface area contributed by atoms with Gasteiger partial charge in [-0.1, -0.05) is 54.7 Å². The van der Waals surface area contributed by atoms with E-state index >= 15 is 0 Å². The molecule has 2 N–H and O–H groups in total. The van der Waals surface area contributed by atoms with Crippen molar-refractivity contribution in [2.45, 2.75) is 39.0 Å². The zero-order valence-electron chi connectivity index (χ0n) is 19.7. The predicted molar refractivity (Wildman–Crippen MR) is 140 cm³/mol. The van der Waals surface area contributed by atoms with Crippen LogP contribution in [-0.2, 0) is 11.2 Å². The molecule has 2 heterocycles. The van der Waals surface area contributed by atoms with Crippen LogP contribution < -0.4 is 16.1 Å². The summed E-state index contributed by atoms with van der Waals surface area (Å²) >= 11 is 0. The van der Waals surface area contributed by atoms with Crippen molar-refractivity contribution in [2.24, 2.45) is 4.99 Å². The number of carbonyl (C=O) groups is 1. The van der Waals surface area contributed by atoms with E-state index in [1.54, 1.807) is 13.1 Å². The van der Waals surface area contributed by atoms with Crippen molar-refractivity contribution >= 4 is 29.0 Å². The van der Waals surface area contributed by atoms with E-state index in [0.717, 1.165) is 35.5 Å². The van der Waals surface area contributed by atoms with Crippen molar-refractivity contribution in [1.29, 1.82) is 0 Å². The lowest BCUT2D eigenvalue weighted by molar-refractivity contribution is -0.120. The summed E-state index contributed by atoms with van der Waals surface area (Å²) in [6.07, 6.45) is 25.4. The molecule has 0 fully saturated rings. The molecular weight excluding hydrogens is 424 g/mol. The van der Waals surface area contributed by atoms with Crippen LogP contribution in [0.2, 0.25) is 0 Å². The molecule has 0 saturated heterocycles. The van der Waals surface area contributed by atoms with E-state index in [4.69, 9.17) is 4.99 Å². The van der Waals surface area contributed by atoms with Gasteiger partial charge in [0.05, 0.1) is 0 Å². The molecule has 174 valence electrons. The molecule has 0 aromatic carbocycles. The van der Waals surface area contributed by atoms with Gasteiger partial charge < -0.3 is 10.6 Å². The van der Waals surface area contributed by atoms with Gasteiger partial charge in [0.15, 0.2) is 5.43 Å². The number of nitrogens with one attached hydrogen (secondary N) is 2. The third-order valence-corrected chi connectivity index (χ3v) is 6.00. The highest BCUT2D eigenvalue weighted by atomic mass is 16.1. The second-order valence-electron chi connectivity index (χ2n) is 8.32. The van der Waals surface area contributed by atoms with Crippen LogP contribution >= 0.6 is 0 Å². The molecule has 0 bridgehead atoms. The molecule has 0 atom stereocenters. The van der Waals surface area contributed by atoms with Crippen LogP contribution in [-0.4, -0.2) is 23.2 Å². The first-order chi connectivity index (χ1) is 16.6. The van der Waals surface area contributed by atoms with Crippen LogP contribution in [0, 0.1) is 0 Å². The minimum absolute atomic E-state index is 0.0115. The number of aliphatic imine (C=N–C) groups is 1. The summed E-state index contributed by atoms with van der Waals surface area (Å²) in [7, 11) is 1.64. The van der Waals surface area contributed by atoms with Gasteiger partial charge in [0.25, 0.3) is 0 Å². The molecule has 2 aliphatic carbocycles. The number of allylic oxidation sites excluding steroid dienone is 13. The summed E-state index contributed by atoms with van der Waals surface area (Å²) in [5.74, 6) is 1.31. The molecule has 0 saturated carbocycles. The summed E-state index contributed by atoms with van der Waals surface area (Å²) in [6.45, 7) is 1.95. The van der Waals surface area contributed by atoms with Gasteiger partial charge >= 0.3 is 0 Å². The Kier molecular flexibility index (Phi) is 7.38. The second-order valence-corrected chi connectivity index (χ2v) is 8.32. The molecule has 1 aliphatic heterocycles. The molecule has 0 unspecified atom stereocenters. The smallest absolute Gasteiger partial charge is 0.220 e. The lowest BCUT2D eigenvalue weighted by Gasteiger charge is -2.21. The normalized spacial score (nSPS) is 16.9. The Hall–Kier alpha value is -3.93. The minimum Gasteiger partial charge on any atom is -0.359 e. The molecule has 1 aromatic rings. The van der Waals surface area contributed by atoms with Crippen LogP contribution in [0.15, 0.2) is 94.0 Å². The summed E-state index contributed by atoms with van der Waals surface area (Å²) in [5.41, 5.74) is 4.37. The quantitative estimate of drug-likeness (QED) is 0.627. The summed E-state index contributed by atoms with van der Waals surface area (Å²) in [4.78, 5) is 30.0. The van der Waals surface area contributed by atoms with Gasteiger partial charge in [-0.3, -0.25) is 14.2 Å². The monoisotopic (exact) mass is 454 g/mol. The van der Waals surface area contributed by atoms with Crippen molar-refractivity contribution in [3.05, 3.63) is 100.0 Å². The summed E-state index contributed by atoms with van der Waals surface area (Å²) < 4.78 is 2.04. The van der Waals surface area contributed by atoms with Crippen molar-refractivity contribution < 1.29 is 4.79 Å². The van der Waals surface area contributed by atoms with E-state index in [9.17, 15) is 9.59 Å². The maximum atomic E-state index is 13.3. The highest BCUT2D eigenvalue weighted by Gasteiger charge is 2.21. The number of aromatic nitrogens is 1. The second kappa shape index (κ2) is 10.8. The maximum Gasteiger partial charge on any atom is 0.220 e. The molecule has 4 rings (SSSR count). The molecule has 3 aliphatic rings. The molecule has 0 spiro atoms. The SMILES string of the molecule is CNC(=O)CCC1=CCc2c(n(C3=CCC=CC=C3)c(NC3=CC=CC=CC3)cc2=O)N=C1C. The van der Waals surface area contributed by atoms with Gasteiger partial charge in [0.2, 0.25) is 5.91 Å². The van der Waals surface area contributed by atoms with Crippen molar-refractivity contribution in [3.63, 3.8) is 0 Å². The number of anilines is 1. The van der Waals surface area contributed by atoms with Crippen LogP contribution in [0.1, 0.15) is 38.2 Å². The third-order valence-electron chi connectivity index (χ3n) is 6.00. The van der Waals surface area contributed by atoms with Crippen LogP contribution in [0.3, 0.4) is 0 Å². The molecule has 6 nitrogen and oxygen atoms in total. The van der Waals surface area contributed by atoms with E-state index in [1.807, 2.05) is 60.1 Å². The average Bonchev–Trinajstić information content (AvgIpc) is 3.30. The first-order valence-electron chi connectivity index (χ1n) is 11.6. The number of nitrogens with zero attached hydrogens (tertiary/aromatic N) is 2. The highest BCUT2D eigenvalue weighted by molar-refractivity contribution is 6.01. The van der Waals surface area contributed by atoms with Gasteiger partial charge in [0, 0.05) is 48.6 Å². The molecule has 1 amide bonds. The average molecular weight is 455 g/mol. The van der Waals surface area contributed by atoms with Gasteiger partial charge in [-0.25, -0.2) is 4.99 Å². The number of fused-ring (bicyclic) bond motifs is 1. The van der Waals surface area contributed by atoms with E-state index in [2.05, 4.69) is 28.9 Å². The zero-order chi connectivity index (χ0) is 23.9. The number of amides is 1. The summed E-state index contributed by atoms with van der Waals surface area (Å²) in [6, 6.07) is 1.67. The highest BCUT2D eigenvalue weighted by Crippen LogP contribution is 2.32. The molecule has 0 radical (unpaired) electrons. The topological polar surface area (TPSA) is 75.5 Å². The van der Waals surface area contributed by atoms with Crippen LogP contribution in [0.25, 0.3) is 5.70 Å². The Balaban J connectivity index is 1.82. The Morgan fingerprint density at radius 2 is 1.94 bits per heavy atom. The fourth-order valence-corrected chi connectivity index (χ4v) is 4.13. The van der Waals surface area contributed by atoms with Gasteiger partial charge in [0.1, 0.15) is 11.6 Å². The van der Waals surface area contributed by atoms with Gasteiger partial charge in [-0.05, 0) is 43.9 Å². The Labute approximate surface area is 200 Å². The fraction of sp³-hybridized carbons (Fsp3) is 0.250. The van der Waals surface area contributed by atoms with E-state index in [0.29, 0.717) is 36.5 Å². The first-order valence-corrected chi connectivity index (χ1v) is 11.6. The fourth-order valence-electron chi connectivity index (χ4n) is 4.13. The van der Waals surface area contributed by atoms with Crippen molar-refractivity contribution in [2.75, 3.05) is 12.4 Å².